The lowest BCUT2D eigenvalue weighted by atomic mass is 10.2. The molecule has 2 rings (SSSR count). The first-order chi connectivity index (χ1) is 10.3. The Labute approximate surface area is 124 Å². The summed E-state index contributed by atoms with van der Waals surface area (Å²) in [5.74, 6) is -0.228. The van der Waals surface area contributed by atoms with E-state index in [9.17, 15) is 4.79 Å². The number of nitrogens with zero attached hydrogens (tertiary/aromatic N) is 1. The second kappa shape index (κ2) is 8.01. The SMILES string of the molecule is NC(=O)c1cccnc1OCCCNCc1ccccc1. The number of hydrogen-bond acceptors (Lipinski definition) is 4. The fourth-order valence-electron chi connectivity index (χ4n) is 1.89. The maximum Gasteiger partial charge on any atom is 0.254 e. The van der Waals surface area contributed by atoms with Gasteiger partial charge in [-0.25, -0.2) is 4.98 Å². The van der Waals surface area contributed by atoms with Crippen LogP contribution < -0.4 is 15.8 Å². The van der Waals surface area contributed by atoms with Crippen LogP contribution in [0.5, 0.6) is 5.88 Å². The number of carbonyl (C=O) groups is 1. The predicted octanol–water partition coefficient (Wildman–Crippen LogP) is 1.74. The summed E-state index contributed by atoms with van der Waals surface area (Å²) in [6.45, 7) is 2.14. The van der Waals surface area contributed by atoms with E-state index in [1.807, 2.05) is 18.2 Å². The molecule has 1 aromatic heterocycles. The maximum atomic E-state index is 11.2. The standard InChI is InChI=1S/C16H19N3O2/c17-15(20)14-8-4-10-19-16(14)21-11-5-9-18-12-13-6-2-1-3-7-13/h1-4,6-8,10,18H,5,9,11-12H2,(H2,17,20). The van der Waals surface area contributed by atoms with Gasteiger partial charge in [0.05, 0.1) is 6.61 Å². The molecular formula is C16H19N3O2. The number of primary amides is 1. The summed E-state index contributed by atoms with van der Waals surface area (Å²) in [7, 11) is 0. The molecule has 3 N–H and O–H groups in total. The molecule has 2 aromatic rings. The third-order valence-corrected chi connectivity index (χ3v) is 2.95. The van der Waals surface area contributed by atoms with Crippen LogP contribution in [-0.2, 0) is 6.54 Å². The molecule has 5 heteroatoms. The number of aromatic nitrogens is 1. The minimum absolute atomic E-state index is 0.299. The van der Waals surface area contributed by atoms with Crippen molar-refractivity contribution < 1.29 is 9.53 Å². The van der Waals surface area contributed by atoms with E-state index in [4.69, 9.17) is 10.5 Å². The van der Waals surface area contributed by atoms with Crippen molar-refractivity contribution in [2.24, 2.45) is 5.73 Å². The smallest absolute Gasteiger partial charge is 0.254 e. The fourth-order valence-corrected chi connectivity index (χ4v) is 1.89. The van der Waals surface area contributed by atoms with Gasteiger partial charge in [-0.3, -0.25) is 4.79 Å². The third-order valence-electron chi connectivity index (χ3n) is 2.95. The van der Waals surface area contributed by atoms with Crippen LogP contribution >= 0.6 is 0 Å². The molecule has 1 amide bonds. The number of hydrogen-bond donors (Lipinski definition) is 2. The number of rotatable bonds is 8. The van der Waals surface area contributed by atoms with Crippen molar-refractivity contribution in [3.05, 3.63) is 59.8 Å². The molecule has 0 aliphatic rings. The Bertz CT molecular complexity index is 573. The van der Waals surface area contributed by atoms with Crippen LogP contribution in [0.2, 0.25) is 0 Å². The molecule has 0 bridgehead atoms. The van der Waals surface area contributed by atoms with Crippen LogP contribution in [0.4, 0.5) is 0 Å². The molecule has 0 aliphatic heterocycles. The van der Waals surface area contributed by atoms with E-state index >= 15 is 0 Å². The van der Waals surface area contributed by atoms with Gasteiger partial charge in [0.1, 0.15) is 5.56 Å². The topological polar surface area (TPSA) is 77.2 Å². The predicted molar refractivity (Wildman–Crippen MR) is 81.0 cm³/mol. The van der Waals surface area contributed by atoms with E-state index in [2.05, 4.69) is 22.4 Å². The Kier molecular flexibility index (Phi) is 5.72. The van der Waals surface area contributed by atoms with Gasteiger partial charge in [0.25, 0.3) is 5.91 Å². The third kappa shape index (κ3) is 4.89. The first-order valence-corrected chi connectivity index (χ1v) is 6.89. The molecule has 110 valence electrons. The van der Waals surface area contributed by atoms with Crippen LogP contribution in [0.3, 0.4) is 0 Å². The summed E-state index contributed by atoms with van der Waals surface area (Å²) < 4.78 is 5.50. The number of benzene rings is 1. The van der Waals surface area contributed by atoms with Crippen LogP contribution in [0.25, 0.3) is 0 Å². The molecule has 21 heavy (non-hydrogen) atoms. The molecule has 0 saturated carbocycles. The average molecular weight is 285 g/mol. The van der Waals surface area contributed by atoms with E-state index in [-0.39, 0.29) is 0 Å². The Balaban J connectivity index is 1.67. The van der Waals surface area contributed by atoms with Crippen molar-refractivity contribution in [3.8, 4) is 5.88 Å². The number of nitrogens with one attached hydrogen (secondary N) is 1. The average Bonchev–Trinajstić information content (AvgIpc) is 2.52. The summed E-state index contributed by atoms with van der Waals surface area (Å²) in [5.41, 5.74) is 6.82. The highest BCUT2D eigenvalue weighted by Crippen LogP contribution is 2.13. The van der Waals surface area contributed by atoms with E-state index in [1.54, 1.807) is 18.3 Å². The van der Waals surface area contributed by atoms with E-state index in [1.165, 1.54) is 5.56 Å². The minimum Gasteiger partial charge on any atom is -0.477 e. The Morgan fingerprint density at radius 1 is 1.19 bits per heavy atom. The van der Waals surface area contributed by atoms with Gasteiger partial charge in [-0.2, -0.15) is 0 Å². The molecule has 5 nitrogen and oxygen atoms in total. The number of carbonyl (C=O) groups excluding carboxylic acids is 1. The zero-order valence-corrected chi connectivity index (χ0v) is 11.8. The molecule has 0 saturated heterocycles. The van der Waals surface area contributed by atoms with Gasteiger partial charge in [0, 0.05) is 12.7 Å². The van der Waals surface area contributed by atoms with Crippen molar-refractivity contribution in [2.75, 3.05) is 13.2 Å². The maximum absolute atomic E-state index is 11.2. The van der Waals surface area contributed by atoms with Gasteiger partial charge in [-0.05, 0) is 30.7 Å². The largest absolute Gasteiger partial charge is 0.477 e. The van der Waals surface area contributed by atoms with Crippen LogP contribution in [0, 0.1) is 0 Å². The van der Waals surface area contributed by atoms with Crippen molar-refractivity contribution in [1.29, 1.82) is 0 Å². The van der Waals surface area contributed by atoms with Gasteiger partial charge < -0.3 is 15.8 Å². The van der Waals surface area contributed by atoms with Crippen molar-refractivity contribution in [2.45, 2.75) is 13.0 Å². The first kappa shape index (κ1) is 15.0. The molecule has 0 atom stereocenters. The van der Waals surface area contributed by atoms with Gasteiger partial charge in [-0.1, -0.05) is 30.3 Å². The van der Waals surface area contributed by atoms with Crippen molar-refractivity contribution in [1.82, 2.24) is 10.3 Å². The van der Waals surface area contributed by atoms with Crippen LogP contribution in [0.1, 0.15) is 22.3 Å². The first-order valence-electron chi connectivity index (χ1n) is 6.89. The lowest BCUT2D eigenvalue weighted by Crippen LogP contribution is -2.18. The Morgan fingerprint density at radius 3 is 2.76 bits per heavy atom. The van der Waals surface area contributed by atoms with Crippen LogP contribution in [-0.4, -0.2) is 24.0 Å². The van der Waals surface area contributed by atoms with Crippen LogP contribution in [0.15, 0.2) is 48.7 Å². The van der Waals surface area contributed by atoms with Gasteiger partial charge in [-0.15, -0.1) is 0 Å². The van der Waals surface area contributed by atoms with Gasteiger partial charge >= 0.3 is 0 Å². The lowest BCUT2D eigenvalue weighted by Gasteiger charge is -2.08. The highest BCUT2D eigenvalue weighted by atomic mass is 16.5. The fraction of sp³-hybridized carbons (Fsp3) is 0.250. The molecule has 0 fully saturated rings. The number of amides is 1. The molecule has 1 heterocycles. The summed E-state index contributed by atoms with van der Waals surface area (Å²) >= 11 is 0. The second-order valence-electron chi connectivity index (χ2n) is 4.58. The normalized spacial score (nSPS) is 10.3. The molecule has 0 radical (unpaired) electrons. The molecule has 1 aromatic carbocycles. The molecule has 0 unspecified atom stereocenters. The monoisotopic (exact) mass is 285 g/mol. The van der Waals surface area contributed by atoms with E-state index < -0.39 is 5.91 Å². The highest BCUT2D eigenvalue weighted by Gasteiger charge is 2.09. The Hall–Kier alpha value is -2.40. The highest BCUT2D eigenvalue weighted by molar-refractivity contribution is 5.94. The van der Waals surface area contributed by atoms with E-state index in [0.29, 0.717) is 18.1 Å². The quantitative estimate of drug-likeness (QED) is 0.724. The van der Waals surface area contributed by atoms with Gasteiger partial charge in [0.2, 0.25) is 5.88 Å². The molecular weight excluding hydrogens is 266 g/mol. The number of nitrogens with two attached hydrogens (primary N) is 1. The lowest BCUT2D eigenvalue weighted by molar-refractivity contribution is 0.0995. The summed E-state index contributed by atoms with van der Waals surface area (Å²) in [5, 5.41) is 3.33. The zero-order valence-electron chi connectivity index (χ0n) is 11.8. The molecule has 0 aliphatic carbocycles. The van der Waals surface area contributed by atoms with Crippen molar-refractivity contribution in [3.63, 3.8) is 0 Å². The minimum atomic E-state index is -0.527. The second-order valence-corrected chi connectivity index (χ2v) is 4.58. The Morgan fingerprint density at radius 2 is 2.00 bits per heavy atom. The number of ether oxygens (including phenoxy) is 1. The zero-order chi connectivity index (χ0) is 14.9. The summed E-state index contributed by atoms with van der Waals surface area (Å²) in [4.78, 5) is 15.2. The van der Waals surface area contributed by atoms with E-state index in [0.717, 1.165) is 19.5 Å². The van der Waals surface area contributed by atoms with Crippen molar-refractivity contribution >= 4 is 5.91 Å². The molecule has 0 spiro atoms. The summed E-state index contributed by atoms with van der Waals surface area (Å²) in [6, 6.07) is 13.5. The number of pyridine rings is 1. The summed E-state index contributed by atoms with van der Waals surface area (Å²) in [6.07, 6.45) is 2.40. The van der Waals surface area contributed by atoms with Gasteiger partial charge in [0.15, 0.2) is 0 Å².